The molecule has 4 aromatic rings. The zero-order valence-corrected chi connectivity index (χ0v) is 24.3. The first kappa shape index (κ1) is 29.6. The van der Waals surface area contributed by atoms with Gasteiger partial charge in [0, 0.05) is 16.5 Å². The number of thioether (sulfide) groups is 1. The fourth-order valence-electron chi connectivity index (χ4n) is 5.39. The van der Waals surface area contributed by atoms with Crippen molar-refractivity contribution in [3.8, 4) is 5.75 Å². The van der Waals surface area contributed by atoms with Crippen LogP contribution in [0.5, 0.6) is 5.75 Å². The van der Waals surface area contributed by atoms with Gasteiger partial charge in [-0.05, 0) is 60.2 Å². The first-order valence-corrected chi connectivity index (χ1v) is 14.8. The fourth-order valence-corrected chi connectivity index (χ4v) is 8.16. The van der Waals surface area contributed by atoms with Crippen LogP contribution in [0.3, 0.4) is 0 Å². The van der Waals surface area contributed by atoms with Crippen molar-refractivity contribution in [2.75, 3.05) is 17.3 Å². The lowest BCUT2D eigenvalue weighted by atomic mass is 9.83. The number of imide groups is 1. The molecule has 3 atom stereocenters. The number of carbonyl (C=O) groups excluding carboxylic acids is 3. The zero-order chi connectivity index (χ0) is 31.3. The number of hydrogen-bond acceptors (Lipinski definition) is 7. The topological polar surface area (TPSA) is 97.7 Å². The van der Waals surface area contributed by atoms with Crippen LogP contribution in [0, 0.1) is 11.7 Å². The number of thiazole rings is 1. The summed E-state index contributed by atoms with van der Waals surface area (Å²) in [5, 5.41) is 1.70. The molecule has 44 heavy (non-hydrogen) atoms. The van der Waals surface area contributed by atoms with Crippen LogP contribution in [0.15, 0.2) is 82.6 Å². The lowest BCUT2D eigenvalue weighted by molar-refractivity contribution is -0.137. The van der Waals surface area contributed by atoms with E-state index in [9.17, 15) is 36.7 Å². The molecule has 2 aliphatic rings. The van der Waals surface area contributed by atoms with Crippen molar-refractivity contribution < 1.29 is 36.7 Å². The minimum absolute atomic E-state index is 0.106. The molecule has 1 saturated heterocycles. The van der Waals surface area contributed by atoms with Crippen LogP contribution in [0.4, 0.5) is 28.9 Å². The molecule has 0 saturated carbocycles. The van der Waals surface area contributed by atoms with E-state index in [0.29, 0.717) is 21.9 Å². The van der Waals surface area contributed by atoms with Crippen molar-refractivity contribution in [1.82, 2.24) is 4.57 Å². The number of methoxy groups -OCH3 is 1. The van der Waals surface area contributed by atoms with Gasteiger partial charge in [0.05, 0.1) is 29.3 Å². The Morgan fingerprint density at radius 3 is 2.34 bits per heavy atom. The lowest BCUT2D eigenvalue weighted by Crippen LogP contribution is -2.33. The number of rotatable bonds is 6. The molecular formula is C30H21F4N3O5S2. The van der Waals surface area contributed by atoms with Gasteiger partial charge < -0.3 is 10.1 Å². The molecular weight excluding hydrogens is 622 g/mol. The second-order valence-electron chi connectivity index (χ2n) is 10.1. The van der Waals surface area contributed by atoms with Gasteiger partial charge in [-0.1, -0.05) is 41.3 Å². The van der Waals surface area contributed by atoms with E-state index in [4.69, 9.17) is 4.74 Å². The lowest BCUT2D eigenvalue weighted by Gasteiger charge is -2.30. The molecule has 1 fully saturated rings. The number of nitrogens with zero attached hydrogens (tertiary/aromatic N) is 2. The number of fused-ring (bicyclic) bond motifs is 2. The molecule has 1 N–H and O–H groups in total. The van der Waals surface area contributed by atoms with Crippen molar-refractivity contribution >= 4 is 52.2 Å². The summed E-state index contributed by atoms with van der Waals surface area (Å²) < 4.78 is 59.6. The van der Waals surface area contributed by atoms with Crippen LogP contribution in [-0.4, -0.2) is 34.6 Å². The van der Waals surface area contributed by atoms with Crippen LogP contribution in [0.2, 0.25) is 0 Å². The minimum atomic E-state index is -4.61. The largest absolute Gasteiger partial charge is 0.497 e. The number of amides is 3. The van der Waals surface area contributed by atoms with Gasteiger partial charge in [-0.2, -0.15) is 13.2 Å². The standard InChI is InChI=1S/C30H21F4N3O5S2/c1-42-20-11-9-19(10-12-20)37-26(39)23-22(15-5-7-17(31)8-6-15)25-28(43-24(23)27(37)40)36(29(41)44-25)14-21(38)35-18-4-2-3-16(13-18)30(32,33)34/h2-13,22-24H,14H2,1H3,(H,35,38). The second kappa shape index (κ2) is 11.2. The summed E-state index contributed by atoms with van der Waals surface area (Å²) >= 11 is 1.78. The first-order valence-electron chi connectivity index (χ1n) is 13.1. The molecule has 0 aliphatic carbocycles. The summed E-state index contributed by atoms with van der Waals surface area (Å²) in [5.41, 5.74) is -0.224. The molecule has 8 nitrogen and oxygen atoms in total. The van der Waals surface area contributed by atoms with Gasteiger partial charge in [0.2, 0.25) is 17.7 Å². The summed E-state index contributed by atoms with van der Waals surface area (Å²) in [4.78, 5) is 54.8. The predicted molar refractivity (Wildman–Crippen MR) is 156 cm³/mol. The summed E-state index contributed by atoms with van der Waals surface area (Å²) in [6, 6.07) is 15.9. The molecule has 0 bridgehead atoms. The van der Waals surface area contributed by atoms with Crippen LogP contribution >= 0.6 is 23.1 Å². The minimum Gasteiger partial charge on any atom is -0.497 e. The van der Waals surface area contributed by atoms with Crippen molar-refractivity contribution in [3.63, 3.8) is 0 Å². The van der Waals surface area contributed by atoms with Crippen LogP contribution in [0.1, 0.15) is 21.9 Å². The van der Waals surface area contributed by atoms with Gasteiger partial charge in [0.25, 0.3) is 0 Å². The van der Waals surface area contributed by atoms with E-state index in [0.717, 1.165) is 50.8 Å². The van der Waals surface area contributed by atoms with E-state index in [1.807, 2.05) is 0 Å². The Labute approximate surface area is 255 Å². The second-order valence-corrected chi connectivity index (χ2v) is 12.2. The van der Waals surface area contributed by atoms with Gasteiger partial charge in [0.1, 0.15) is 23.4 Å². The molecule has 226 valence electrons. The SMILES string of the molecule is COc1ccc(N2C(=O)C3Sc4c(sc(=O)n4CC(=O)Nc4cccc(C(F)(F)F)c4)C(c4ccc(F)cc4)C3C2=O)cc1. The number of hydrogen-bond donors (Lipinski definition) is 1. The highest BCUT2D eigenvalue weighted by Crippen LogP contribution is 2.54. The molecule has 0 spiro atoms. The van der Waals surface area contributed by atoms with Gasteiger partial charge in [-0.3, -0.25) is 23.7 Å². The molecule has 6 rings (SSSR count). The Bertz CT molecular complexity index is 1840. The van der Waals surface area contributed by atoms with E-state index in [1.165, 1.54) is 37.4 Å². The number of halogens is 4. The number of aromatic nitrogens is 1. The third-order valence-electron chi connectivity index (χ3n) is 7.38. The van der Waals surface area contributed by atoms with Crippen molar-refractivity contribution in [2.45, 2.75) is 28.9 Å². The maximum Gasteiger partial charge on any atom is 0.416 e. The van der Waals surface area contributed by atoms with E-state index < -0.39 is 63.8 Å². The summed E-state index contributed by atoms with van der Waals surface area (Å²) in [7, 11) is 1.48. The Morgan fingerprint density at radius 2 is 1.68 bits per heavy atom. The molecule has 2 aliphatic heterocycles. The maximum atomic E-state index is 13.9. The third-order valence-corrected chi connectivity index (χ3v) is 9.99. The molecule has 3 unspecified atom stereocenters. The highest BCUT2D eigenvalue weighted by molar-refractivity contribution is 8.00. The number of carbonyl (C=O) groups is 3. The van der Waals surface area contributed by atoms with Crippen LogP contribution in [-0.2, 0) is 27.1 Å². The monoisotopic (exact) mass is 643 g/mol. The molecule has 0 radical (unpaired) electrons. The smallest absolute Gasteiger partial charge is 0.416 e. The Balaban J connectivity index is 1.37. The number of nitrogens with one attached hydrogen (secondary N) is 1. The van der Waals surface area contributed by atoms with Crippen molar-refractivity contribution in [1.29, 1.82) is 0 Å². The van der Waals surface area contributed by atoms with Gasteiger partial charge >= 0.3 is 11.0 Å². The van der Waals surface area contributed by atoms with Gasteiger partial charge in [0.15, 0.2) is 0 Å². The van der Waals surface area contributed by atoms with E-state index in [2.05, 4.69) is 5.32 Å². The van der Waals surface area contributed by atoms with Crippen LogP contribution < -0.4 is 19.8 Å². The Kier molecular flexibility index (Phi) is 7.58. The van der Waals surface area contributed by atoms with Gasteiger partial charge in [-0.25, -0.2) is 9.29 Å². The molecule has 1 aromatic heterocycles. The summed E-state index contributed by atoms with van der Waals surface area (Å²) in [5.74, 6) is -3.50. The summed E-state index contributed by atoms with van der Waals surface area (Å²) in [6.45, 7) is -0.550. The van der Waals surface area contributed by atoms with E-state index >= 15 is 0 Å². The quantitative estimate of drug-likeness (QED) is 0.220. The van der Waals surface area contributed by atoms with E-state index in [-0.39, 0.29) is 10.7 Å². The first-order chi connectivity index (χ1) is 21.0. The zero-order valence-electron chi connectivity index (χ0n) is 22.6. The van der Waals surface area contributed by atoms with Crippen molar-refractivity contribution in [2.24, 2.45) is 5.92 Å². The number of anilines is 2. The molecule has 14 heteroatoms. The van der Waals surface area contributed by atoms with Crippen molar-refractivity contribution in [3.05, 3.63) is 104 Å². The molecule has 3 heterocycles. The number of benzene rings is 3. The Morgan fingerprint density at radius 1 is 0.977 bits per heavy atom. The predicted octanol–water partition coefficient (Wildman–Crippen LogP) is 5.51. The third kappa shape index (κ3) is 5.28. The van der Waals surface area contributed by atoms with Crippen LogP contribution in [0.25, 0.3) is 0 Å². The maximum absolute atomic E-state index is 13.9. The number of alkyl halides is 3. The summed E-state index contributed by atoms with van der Waals surface area (Å²) in [6.07, 6.45) is -4.61. The normalized spacial score (nSPS) is 19.5. The average molecular weight is 644 g/mol. The number of ether oxygens (including phenoxy) is 1. The highest BCUT2D eigenvalue weighted by Gasteiger charge is 2.56. The van der Waals surface area contributed by atoms with Gasteiger partial charge in [-0.15, -0.1) is 0 Å². The molecule has 3 amide bonds. The van der Waals surface area contributed by atoms with E-state index in [1.54, 1.807) is 24.3 Å². The highest BCUT2D eigenvalue weighted by atomic mass is 32.2. The fraction of sp³-hybridized carbons (Fsp3) is 0.200. The Hall–Kier alpha value is -4.43. The average Bonchev–Trinajstić information content (AvgIpc) is 3.43. The molecule has 3 aromatic carbocycles.